The first-order valence-corrected chi connectivity index (χ1v) is 7.37. The van der Waals surface area contributed by atoms with Crippen LogP contribution in [0.2, 0.25) is 0 Å². The lowest BCUT2D eigenvalue weighted by atomic mass is 10.2. The van der Waals surface area contributed by atoms with E-state index in [0.717, 1.165) is 46.2 Å². The van der Waals surface area contributed by atoms with E-state index in [1.165, 1.54) is 0 Å². The maximum Gasteiger partial charge on any atom is 0.137 e. The van der Waals surface area contributed by atoms with Crippen molar-refractivity contribution in [2.24, 2.45) is 0 Å². The van der Waals surface area contributed by atoms with E-state index in [1.54, 1.807) is 7.11 Å². The Bertz CT molecular complexity index is 430. The van der Waals surface area contributed by atoms with Gasteiger partial charge in [-0.3, -0.25) is 0 Å². The second kappa shape index (κ2) is 8.52. The molecule has 0 aliphatic heterocycles. The highest BCUT2D eigenvalue weighted by atomic mass is 79.9. The lowest BCUT2D eigenvalue weighted by molar-refractivity contribution is 0.404. The van der Waals surface area contributed by atoms with Crippen LogP contribution in [0, 0.1) is 11.3 Å². The summed E-state index contributed by atoms with van der Waals surface area (Å²) in [5.41, 5.74) is 1.11. The summed E-state index contributed by atoms with van der Waals surface area (Å²) in [5, 5.41) is 11.8. The molecule has 0 spiro atoms. The number of halogens is 2. The minimum absolute atomic E-state index is 0.632. The predicted molar refractivity (Wildman–Crippen MR) is 79.6 cm³/mol. The average Bonchev–Trinajstić information content (AvgIpc) is 2.33. The molecule has 0 heterocycles. The van der Waals surface area contributed by atoms with Crippen molar-refractivity contribution in [2.45, 2.75) is 25.8 Å². The van der Waals surface area contributed by atoms with Gasteiger partial charge in [-0.2, -0.15) is 5.26 Å². The van der Waals surface area contributed by atoms with E-state index in [-0.39, 0.29) is 0 Å². The normalized spacial score (nSPS) is 10.1. The van der Waals surface area contributed by atoms with Crippen molar-refractivity contribution >= 4 is 31.9 Å². The lowest BCUT2D eigenvalue weighted by Gasteiger charge is -2.12. The summed E-state index contributed by atoms with van der Waals surface area (Å²) in [4.78, 5) is 0. The molecule has 1 aromatic rings. The molecule has 0 atom stereocenters. The smallest absolute Gasteiger partial charge is 0.137 e. The van der Waals surface area contributed by atoms with Crippen LogP contribution in [0.15, 0.2) is 21.1 Å². The summed E-state index contributed by atoms with van der Waals surface area (Å²) in [6.45, 7) is 1.67. The second-order valence-corrected chi connectivity index (χ2v) is 5.64. The quantitative estimate of drug-likeness (QED) is 0.732. The van der Waals surface area contributed by atoms with Crippen LogP contribution in [0.25, 0.3) is 0 Å². The SMILES string of the molecule is COc1c(Br)cc(Br)cc1CNCCCCC#N. The molecule has 0 radical (unpaired) electrons. The summed E-state index contributed by atoms with van der Waals surface area (Å²) in [7, 11) is 1.67. The van der Waals surface area contributed by atoms with Gasteiger partial charge in [-0.15, -0.1) is 0 Å². The van der Waals surface area contributed by atoms with Gasteiger partial charge in [-0.05, 0) is 47.4 Å². The molecule has 0 aromatic heterocycles. The Kier molecular flexibility index (Phi) is 7.33. The van der Waals surface area contributed by atoms with Crippen molar-refractivity contribution in [2.75, 3.05) is 13.7 Å². The number of ether oxygens (including phenoxy) is 1. The maximum atomic E-state index is 8.43. The second-order valence-electron chi connectivity index (χ2n) is 3.87. The number of hydrogen-bond donors (Lipinski definition) is 1. The molecule has 98 valence electrons. The van der Waals surface area contributed by atoms with Crippen molar-refractivity contribution in [3.63, 3.8) is 0 Å². The predicted octanol–water partition coefficient (Wildman–Crippen LogP) is 4.00. The number of unbranched alkanes of at least 4 members (excludes halogenated alkanes) is 2. The molecule has 3 nitrogen and oxygen atoms in total. The van der Waals surface area contributed by atoms with Gasteiger partial charge in [-0.1, -0.05) is 15.9 Å². The van der Waals surface area contributed by atoms with Gasteiger partial charge in [0.15, 0.2) is 0 Å². The van der Waals surface area contributed by atoms with E-state index < -0.39 is 0 Å². The molecule has 0 aliphatic rings. The van der Waals surface area contributed by atoms with Crippen LogP contribution in [0.5, 0.6) is 5.75 Å². The van der Waals surface area contributed by atoms with Crippen LogP contribution in [0.3, 0.4) is 0 Å². The number of hydrogen-bond acceptors (Lipinski definition) is 3. The number of benzene rings is 1. The average molecular weight is 376 g/mol. The molecule has 5 heteroatoms. The van der Waals surface area contributed by atoms with Crippen LogP contribution in [-0.4, -0.2) is 13.7 Å². The van der Waals surface area contributed by atoms with Crippen molar-refractivity contribution in [1.82, 2.24) is 5.32 Å². The van der Waals surface area contributed by atoms with Crippen LogP contribution in [0.1, 0.15) is 24.8 Å². The van der Waals surface area contributed by atoms with Crippen molar-refractivity contribution in [3.8, 4) is 11.8 Å². The first kappa shape index (κ1) is 15.5. The van der Waals surface area contributed by atoms with E-state index >= 15 is 0 Å². The Morgan fingerprint density at radius 1 is 1.33 bits per heavy atom. The van der Waals surface area contributed by atoms with E-state index in [0.29, 0.717) is 6.42 Å². The Morgan fingerprint density at radius 3 is 2.78 bits per heavy atom. The molecule has 0 saturated carbocycles. The number of nitriles is 1. The van der Waals surface area contributed by atoms with E-state index in [4.69, 9.17) is 10.00 Å². The molecule has 0 unspecified atom stereocenters. The van der Waals surface area contributed by atoms with E-state index in [2.05, 4.69) is 43.2 Å². The van der Waals surface area contributed by atoms with Gasteiger partial charge in [0.25, 0.3) is 0 Å². The van der Waals surface area contributed by atoms with Gasteiger partial charge in [0.2, 0.25) is 0 Å². The van der Waals surface area contributed by atoms with Gasteiger partial charge in [0, 0.05) is 23.0 Å². The van der Waals surface area contributed by atoms with Gasteiger partial charge >= 0.3 is 0 Å². The fourth-order valence-corrected chi connectivity index (χ4v) is 3.13. The summed E-state index contributed by atoms with van der Waals surface area (Å²) in [6, 6.07) is 6.16. The Balaban J connectivity index is 2.49. The van der Waals surface area contributed by atoms with Gasteiger partial charge in [-0.25, -0.2) is 0 Å². The number of methoxy groups -OCH3 is 1. The lowest BCUT2D eigenvalue weighted by Crippen LogP contribution is -2.15. The van der Waals surface area contributed by atoms with Crippen molar-refractivity contribution < 1.29 is 4.74 Å². The summed E-state index contributed by atoms with van der Waals surface area (Å²) in [5.74, 6) is 0.864. The highest BCUT2D eigenvalue weighted by Gasteiger charge is 2.08. The summed E-state index contributed by atoms with van der Waals surface area (Å²) < 4.78 is 7.35. The van der Waals surface area contributed by atoms with Crippen molar-refractivity contribution in [3.05, 3.63) is 26.6 Å². The molecule has 0 fully saturated rings. The van der Waals surface area contributed by atoms with E-state index in [9.17, 15) is 0 Å². The fourth-order valence-electron chi connectivity index (χ4n) is 1.65. The Labute approximate surface area is 125 Å². The standard InChI is InChI=1S/C13H16Br2N2O/c1-18-13-10(7-11(14)8-12(13)15)9-17-6-4-2-3-5-16/h7-8,17H,2-4,6,9H2,1H3. The largest absolute Gasteiger partial charge is 0.495 e. The molecule has 0 saturated heterocycles. The minimum atomic E-state index is 0.632. The van der Waals surface area contributed by atoms with Gasteiger partial charge in [0.1, 0.15) is 5.75 Å². The van der Waals surface area contributed by atoms with E-state index in [1.807, 2.05) is 12.1 Å². The number of nitrogens with one attached hydrogen (secondary N) is 1. The first-order valence-electron chi connectivity index (χ1n) is 5.78. The van der Waals surface area contributed by atoms with Crippen LogP contribution in [-0.2, 0) is 6.54 Å². The third-order valence-electron chi connectivity index (χ3n) is 2.50. The minimum Gasteiger partial charge on any atom is -0.495 e. The van der Waals surface area contributed by atoms with Gasteiger partial charge in [0.05, 0.1) is 17.7 Å². The van der Waals surface area contributed by atoms with Crippen molar-refractivity contribution in [1.29, 1.82) is 5.26 Å². The monoisotopic (exact) mass is 374 g/mol. The molecule has 0 amide bonds. The Hall–Kier alpha value is -0.570. The first-order chi connectivity index (χ1) is 8.69. The maximum absolute atomic E-state index is 8.43. The van der Waals surface area contributed by atoms with Crippen LogP contribution in [0.4, 0.5) is 0 Å². The van der Waals surface area contributed by atoms with Gasteiger partial charge < -0.3 is 10.1 Å². The molecule has 0 bridgehead atoms. The highest BCUT2D eigenvalue weighted by Crippen LogP contribution is 2.32. The van der Waals surface area contributed by atoms with Crippen LogP contribution >= 0.6 is 31.9 Å². The zero-order chi connectivity index (χ0) is 13.4. The summed E-state index contributed by atoms with van der Waals surface area (Å²) >= 11 is 6.95. The zero-order valence-electron chi connectivity index (χ0n) is 10.3. The highest BCUT2D eigenvalue weighted by molar-refractivity contribution is 9.11. The molecular weight excluding hydrogens is 360 g/mol. The van der Waals surface area contributed by atoms with Crippen LogP contribution < -0.4 is 10.1 Å². The number of nitrogens with zero attached hydrogens (tertiary/aromatic N) is 1. The fraction of sp³-hybridized carbons (Fsp3) is 0.462. The topological polar surface area (TPSA) is 45.0 Å². The third-order valence-corrected chi connectivity index (χ3v) is 3.54. The Morgan fingerprint density at radius 2 is 2.11 bits per heavy atom. The molecule has 1 rings (SSSR count). The molecule has 18 heavy (non-hydrogen) atoms. The molecule has 1 N–H and O–H groups in total. The molecular formula is C13H16Br2N2O. The molecule has 1 aromatic carbocycles. The number of rotatable bonds is 7. The third kappa shape index (κ3) is 4.97. The molecule has 0 aliphatic carbocycles. The zero-order valence-corrected chi connectivity index (χ0v) is 13.5. The summed E-state index contributed by atoms with van der Waals surface area (Å²) in [6.07, 6.45) is 2.60.